The molecule has 5 nitrogen and oxygen atoms in total. The summed E-state index contributed by atoms with van der Waals surface area (Å²) in [7, 11) is 1.36. The van der Waals surface area contributed by atoms with Crippen LogP contribution in [0.3, 0.4) is 0 Å². The van der Waals surface area contributed by atoms with E-state index in [1.807, 2.05) is 32.0 Å². The molecule has 22 heavy (non-hydrogen) atoms. The Kier molecular flexibility index (Phi) is 5.41. The molecule has 0 aromatic heterocycles. The molecule has 2 rings (SSSR count). The number of ether oxygens (including phenoxy) is 2. The number of carbonyl (C=O) groups excluding carboxylic acids is 2. The zero-order valence-corrected chi connectivity index (χ0v) is 13.4. The number of hydrogen-bond donors (Lipinski definition) is 0. The van der Waals surface area contributed by atoms with E-state index < -0.39 is 0 Å². The Morgan fingerprint density at radius 2 is 2.00 bits per heavy atom. The molecule has 0 spiro atoms. The fourth-order valence-corrected chi connectivity index (χ4v) is 2.30. The van der Waals surface area contributed by atoms with Gasteiger partial charge in [-0.15, -0.1) is 0 Å². The Bertz CT molecular complexity index is 552. The molecule has 1 aliphatic rings. The van der Waals surface area contributed by atoms with Crippen molar-refractivity contribution in [2.24, 2.45) is 0 Å². The van der Waals surface area contributed by atoms with Crippen LogP contribution in [0.15, 0.2) is 18.2 Å². The van der Waals surface area contributed by atoms with Crippen molar-refractivity contribution in [3.8, 4) is 5.75 Å². The summed E-state index contributed by atoms with van der Waals surface area (Å²) < 4.78 is 10.3. The molecule has 0 saturated heterocycles. The highest BCUT2D eigenvalue weighted by atomic mass is 16.5. The van der Waals surface area contributed by atoms with Crippen molar-refractivity contribution in [3.05, 3.63) is 29.3 Å². The van der Waals surface area contributed by atoms with Crippen molar-refractivity contribution in [2.75, 3.05) is 20.3 Å². The van der Waals surface area contributed by atoms with E-state index in [-0.39, 0.29) is 30.9 Å². The third-order valence-corrected chi connectivity index (χ3v) is 3.79. The number of amides is 1. The van der Waals surface area contributed by atoms with Crippen LogP contribution < -0.4 is 4.74 Å². The van der Waals surface area contributed by atoms with E-state index in [1.54, 1.807) is 4.90 Å². The first-order valence-electron chi connectivity index (χ1n) is 7.57. The first kappa shape index (κ1) is 16.3. The van der Waals surface area contributed by atoms with Crippen LogP contribution in [0.4, 0.5) is 0 Å². The number of methoxy groups -OCH3 is 1. The van der Waals surface area contributed by atoms with Gasteiger partial charge in [0.25, 0.3) is 5.91 Å². The van der Waals surface area contributed by atoms with Crippen LogP contribution >= 0.6 is 0 Å². The predicted molar refractivity (Wildman–Crippen MR) is 82.8 cm³/mol. The summed E-state index contributed by atoms with van der Waals surface area (Å²) in [6.45, 7) is 4.34. The highest BCUT2D eigenvalue weighted by Gasteiger charge is 2.32. The lowest BCUT2D eigenvalue weighted by molar-refractivity contribution is -0.142. The van der Waals surface area contributed by atoms with Crippen LogP contribution in [0.2, 0.25) is 0 Å². The fraction of sp³-hybridized carbons (Fsp3) is 0.529. The minimum absolute atomic E-state index is 0.00195. The molecule has 1 aromatic carbocycles. The van der Waals surface area contributed by atoms with Gasteiger partial charge in [0.1, 0.15) is 5.75 Å². The molecular weight excluding hydrogens is 282 g/mol. The quantitative estimate of drug-likeness (QED) is 0.725. The third kappa shape index (κ3) is 4.48. The lowest BCUT2D eigenvalue weighted by Gasteiger charge is -2.22. The van der Waals surface area contributed by atoms with Gasteiger partial charge < -0.3 is 14.4 Å². The summed E-state index contributed by atoms with van der Waals surface area (Å²) in [5.74, 6) is 0.360. The number of hydrogen-bond acceptors (Lipinski definition) is 4. The number of benzene rings is 1. The third-order valence-electron chi connectivity index (χ3n) is 3.79. The highest BCUT2D eigenvalue weighted by molar-refractivity contribution is 5.79. The maximum atomic E-state index is 12.3. The summed E-state index contributed by atoms with van der Waals surface area (Å²) in [5, 5.41) is 0. The Hall–Kier alpha value is -2.04. The molecular formula is C17H23NO4. The lowest BCUT2D eigenvalue weighted by Crippen LogP contribution is -2.38. The number of aryl methyl sites for hydroxylation is 2. The van der Waals surface area contributed by atoms with E-state index >= 15 is 0 Å². The Morgan fingerprint density at radius 3 is 2.64 bits per heavy atom. The molecule has 0 heterocycles. The van der Waals surface area contributed by atoms with Gasteiger partial charge in [-0.2, -0.15) is 0 Å². The maximum absolute atomic E-state index is 12.3. The van der Waals surface area contributed by atoms with Gasteiger partial charge in [-0.25, -0.2) is 0 Å². The van der Waals surface area contributed by atoms with Crippen molar-refractivity contribution in [2.45, 2.75) is 39.2 Å². The summed E-state index contributed by atoms with van der Waals surface area (Å²) in [6.07, 6.45) is 2.22. The Morgan fingerprint density at radius 1 is 1.27 bits per heavy atom. The van der Waals surface area contributed by atoms with Crippen LogP contribution in [-0.2, 0) is 14.3 Å². The monoisotopic (exact) mass is 305 g/mol. The van der Waals surface area contributed by atoms with Gasteiger partial charge in [0, 0.05) is 12.6 Å². The molecule has 0 unspecified atom stereocenters. The van der Waals surface area contributed by atoms with E-state index in [2.05, 4.69) is 4.74 Å². The van der Waals surface area contributed by atoms with Crippen molar-refractivity contribution in [1.82, 2.24) is 4.90 Å². The second-order valence-electron chi connectivity index (χ2n) is 5.70. The van der Waals surface area contributed by atoms with Gasteiger partial charge in [0.05, 0.1) is 13.5 Å². The molecule has 0 bridgehead atoms. The van der Waals surface area contributed by atoms with E-state index in [0.29, 0.717) is 6.54 Å². The van der Waals surface area contributed by atoms with Crippen LogP contribution in [0, 0.1) is 13.8 Å². The number of carbonyl (C=O) groups is 2. The highest BCUT2D eigenvalue weighted by Crippen LogP contribution is 2.27. The van der Waals surface area contributed by atoms with E-state index in [9.17, 15) is 9.59 Å². The summed E-state index contributed by atoms with van der Waals surface area (Å²) in [5.41, 5.74) is 2.10. The molecule has 0 radical (unpaired) electrons. The van der Waals surface area contributed by atoms with Gasteiger partial charge in [0.2, 0.25) is 0 Å². The topological polar surface area (TPSA) is 55.8 Å². The standard InChI is InChI=1S/C17H23NO4/c1-12-4-5-13(2)15(10-12)22-11-16(19)18(14-6-7-14)9-8-17(20)21-3/h4-5,10,14H,6-9,11H2,1-3H3. The molecule has 120 valence electrons. The van der Waals surface area contributed by atoms with Crippen molar-refractivity contribution in [1.29, 1.82) is 0 Å². The van der Waals surface area contributed by atoms with E-state index in [0.717, 1.165) is 29.7 Å². The van der Waals surface area contributed by atoms with Crippen LogP contribution in [-0.4, -0.2) is 43.1 Å². The number of esters is 1. The zero-order valence-electron chi connectivity index (χ0n) is 13.4. The first-order chi connectivity index (χ1) is 10.5. The zero-order chi connectivity index (χ0) is 16.1. The van der Waals surface area contributed by atoms with Gasteiger partial charge in [-0.1, -0.05) is 12.1 Å². The summed E-state index contributed by atoms with van der Waals surface area (Å²) >= 11 is 0. The second kappa shape index (κ2) is 7.29. The van der Waals surface area contributed by atoms with Gasteiger partial charge in [-0.3, -0.25) is 9.59 Å². The minimum Gasteiger partial charge on any atom is -0.483 e. The van der Waals surface area contributed by atoms with Crippen molar-refractivity contribution < 1.29 is 19.1 Å². The van der Waals surface area contributed by atoms with Gasteiger partial charge in [0.15, 0.2) is 6.61 Å². The first-order valence-corrected chi connectivity index (χ1v) is 7.57. The van der Waals surface area contributed by atoms with Gasteiger partial charge in [-0.05, 0) is 43.9 Å². The Balaban J connectivity index is 1.91. The average molecular weight is 305 g/mol. The van der Waals surface area contributed by atoms with Crippen LogP contribution in [0.5, 0.6) is 5.75 Å². The molecule has 1 fully saturated rings. The summed E-state index contributed by atoms with van der Waals surface area (Å²) in [6, 6.07) is 6.17. The van der Waals surface area contributed by atoms with Crippen molar-refractivity contribution in [3.63, 3.8) is 0 Å². The normalized spacial score (nSPS) is 13.6. The number of nitrogens with zero attached hydrogens (tertiary/aromatic N) is 1. The maximum Gasteiger partial charge on any atom is 0.307 e. The van der Waals surface area contributed by atoms with E-state index in [1.165, 1.54) is 7.11 Å². The molecule has 1 aliphatic carbocycles. The Labute approximate surface area is 131 Å². The van der Waals surface area contributed by atoms with Crippen molar-refractivity contribution >= 4 is 11.9 Å². The van der Waals surface area contributed by atoms with Crippen LogP contribution in [0.25, 0.3) is 0 Å². The number of rotatable bonds is 7. The molecule has 0 aliphatic heterocycles. The average Bonchev–Trinajstić information content (AvgIpc) is 3.32. The lowest BCUT2D eigenvalue weighted by atomic mass is 10.1. The van der Waals surface area contributed by atoms with Gasteiger partial charge >= 0.3 is 5.97 Å². The second-order valence-corrected chi connectivity index (χ2v) is 5.70. The molecule has 1 amide bonds. The predicted octanol–water partition coefficient (Wildman–Crippen LogP) is 2.24. The van der Waals surface area contributed by atoms with E-state index in [4.69, 9.17) is 4.74 Å². The largest absolute Gasteiger partial charge is 0.483 e. The molecule has 1 saturated carbocycles. The molecule has 0 atom stereocenters. The SMILES string of the molecule is COC(=O)CCN(C(=O)COc1cc(C)ccc1C)C1CC1. The molecule has 0 N–H and O–H groups in total. The smallest absolute Gasteiger partial charge is 0.307 e. The minimum atomic E-state index is -0.297. The van der Waals surface area contributed by atoms with Crippen LogP contribution in [0.1, 0.15) is 30.4 Å². The molecule has 1 aromatic rings. The summed E-state index contributed by atoms with van der Waals surface area (Å²) in [4.78, 5) is 25.3. The fourth-order valence-electron chi connectivity index (χ4n) is 2.30. The molecule has 5 heteroatoms.